The van der Waals surface area contributed by atoms with Crippen molar-refractivity contribution in [2.75, 3.05) is 10.2 Å². The van der Waals surface area contributed by atoms with Crippen molar-refractivity contribution < 1.29 is 4.79 Å². The number of halogens is 2. The highest BCUT2D eigenvalue weighted by Crippen LogP contribution is 2.33. The highest BCUT2D eigenvalue weighted by atomic mass is 35.5. The Balaban J connectivity index is 1.57. The fraction of sp³-hybridized carbons (Fsp3) is 0.150. The molecule has 1 amide bonds. The van der Waals surface area contributed by atoms with Crippen LogP contribution in [0.2, 0.25) is 10.0 Å². The SMILES string of the molecule is CC1Cc2ccccc2N1C(=O)c1cnc(Nc2c(Cl)cccc2Cl)nc1. The van der Waals surface area contributed by atoms with Gasteiger partial charge in [0.1, 0.15) is 0 Å². The molecule has 1 atom stereocenters. The van der Waals surface area contributed by atoms with Gasteiger partial charge >= 0.3 is 0 Å². The van der Waals surface area contributed by atoms with E-state index in [0.717, 1.165) is 12.1 Å². The second-order valence-electron chi connectivity index (χ2n) is 6.37. The first kappa shape index (κ1) is 17.8. The van der Waals surface area contributed by atoms with Gasteiger partial charge < -0.3 is 10.2 Å². The lowest BCUT2D eigenvalue weighted by atomic mass is 10.1. The largest absolute Gasteiger partial charge is 0.322 e. The smallest absolute Gasteiger partial charge is 0.261 e. The van der Waals surface area contributed by atoms with E-state index < -0.39 is 0 Å². The summed E-state index contributed by atoms with van der Waals surface area (Å²) < 4.78 is 0. The molecule has 3 aromatic rings. The van der Waals surface area contributed by atoms with Gasteiger partial charge in [-0.15, -0.1) is 0 Å². The lowest BCUT2D eigenvalue weighted by molar-refractivity contribution is 0.0981. The molecule has 0 saturated carbocycles. The summed E-state index contributed by atoms with van der Waals surface area (Å²) >= 11 is 12.3. The van der Waals surface area contributed by atoms with Gasteiger partial charge in [-0.3, -0.25) is 4.79 Å². The van der Waals surface area contributed by atoms with Crippen LogP contribution in [0, 0.1) is 0 Å². The number of benzene rings is 2. The number of rotatable bonds is 3. The molecule has 2 aromatic carbocycles. The third-order valence-corrected chi connectivity index (χ3v) is 5.15. The van der Waals surface area contributed by atoms with Crippen LogP contribution in [-0.4, -0.2) is 21.9 Å². The maximum absolute atomic E-state index is 13.0. The molecule has 7 heteroatoms. The maximum atomic E-state index is 13.0. The number of carbonyl (C=O) groups is 1. The van der Waals surface area contributed by atoms with Gasteiger partial charge in [-0.25, -0.2) is 9.97 Å². The lowest BCUT2D eigenvalue weighted by Gasteiger charge is -2.22. The zero-order valence-electron chi connectivity index (χ0n) is 14.5. The van der Waals surface area contributed by atoms with E-state index in [1.54, 1.807) is 23.1 Å². The average Bonchev–Trinajstić information content (AvgIpc) is 3.00. The monoisotopic (exact) mass is 398 g/mol. The Morgan fingerprint density at radius 1 is 1.07 bits per heavy atom. The van der Waals surface area contributed by atoms with E-state index in [1.165, 1.54) is 18.0 Å². The van der Waals surface area contributed by atoms with Crippen molar-refractivity contribution in [2.45, 2.75) is 19.4 Å². The summed E-state index contributed by atoms with van der Waals surface area (Å²) in [5, 5.41) is 3.92. The van der Waals surface area contributed by atoms with Crippen LogP contribution in [0.3, 0.4) is 0 Å². The Kier molecular flexibility index (Phi) is 4.72. The van der Waals surface area contributed by atoms with Gasteiger partial charge in [0.05, 0.1) is 21.3 Å². The first-order valence-corrected chi connectivity index (χ1v) is 9.24. The zero-order valence-corrected chi connectivity index (χ0v) is 16.0. The number of nitrogens with zero attached hydrogens (tertiary/aromatic N) is 3. The number of aromatic nitrogens is 2. The maximum Gasteiger partial charge on any atom is 0.261 e. The van der Waals surface area contributed by atoms with Gasteiger partial charge in [-0.05, 0) is 37.1 Å². The molecule has 0 saturated heterocycles. The van der Waals surface area contributed by atoms with Crippen molar-refractivity contribution in [3.8, 4) is 0 Å². The number of carbonyl (C=O) groups excluding carboxylic acids is 1. The Hall–Kier alpha value is -2.63. The van der Waals surface area contributed by atoms with Gasteiger partial charge in [-0.1, -0.05) is 47.5 Å². The molecule has 27 heavy (non-hydrogen) atoms. The van der Waals surface area contributed by atoms with Crippen LogP contribution in [0.15, 0.2) is 54.9 Å². The molecule has 2 heterocycles. The molecule has 0 radical (unpaired) electrons. The van der Waals surface area contributed by atoms with Crippen LogP contribution >= 0.6 is 23.2 Å². The van der Waals surface area contributed by atoms with E-state index in [9.17, 15) is 4.79 Å². The lowest BCUT2D eigenvalue weighted by Crippen LogP contribution is -2.35. The number of amides is 1. The van der Waals surface area contributed by atoms with Crippen molar-refractivity contribution in [1.82, 2.24) is 9.97 Å². The number of hydrogen-bond donors (Lipinski definition) is 1. The minimum Gasteiger partial charge on any atom is -0.322 e. The van der Waals surface area contributed by atoms with Gasteiger partial charge in [0, 0.05) is 24.1 Å². The molecule has 1 N–H and O–H groups in total. The van der Waals surface area contributed by atoms with Crippen molar-refractivity contribution in [3.05, 3.63) is 76.0 Å². The Bertz CT molecular complexity index is 987. The van der Waals surface area contributed by atoms with E-state index in [4.69, 9.17) is 23.2 Å². The second kappa shape index (κ2) is 7.18. The summed E-state index contributed by atoms with van der Waals surface area (Å²) in [6.45, 7) is 2.04. The van der Waals surface area contributed by atoms with E-state index in [0.29, 0.717) is 27.2 Å². The summed E-state index contributed by atoms with van der Waals surface area (Å²) in [4.78, 5) is 23.3. The van der Waals surface area contributed by atoms with Crippen molar-refractivity contribution in [1.29, 1.82) is 0 Å². The number of hydrogen-bond acceptors (Lipinski definition) is 4. The van der Waals surface area contributed by atoms with Gasteiger partial charge in [0.2, 0.25) is 5.95 Å². The first-order chi connectivity index (χ1) is 13.0. The van der Waals surface area contributed by atoms with E-state index in [2.05, 4.69) is 21.4 Å². The average molecular weight is 399 g/mol. The Labute approximate surface area is 167 Å². The Morgan fingerprint density at radius 2 is 1.74 bits per heavy atom. The molecule has 136 valence electrons. The normalized spacial score (nSPS) is 15.5. The number of nitrogens with one attached hydrogen (secondary N) is 1. The summed E-state index contributed by atoms with van der Waals surface area (Å²) in [5.74, 6) is 0.200. The molecule has 4 rings (SSSR count). The quantitative estimate of drug-likeness (QED) is 0.664. The fourth-order valence-corrected chi connectivity index (χ4v) is 3.74. The number of fused-ring (bicyclic) bond motifs is 1. The second-order valence-corrected chi connectivity index (χ2v) is 7.19. The topological polar surface area (TPSA) is 58.1 Å². The molecular formula is C20H16Cl2N4O. The van der Waals surface area contributed by atoms with Crippen molar-refractivity contribution in [2.24, 2.45) is 0 Å². The van der Waals surface area contributed by atoms with Crippen LogP contribution in [0.25, 0.3) is 0 Å². The van der Waals surface area contributed by atoms with Gasteiger partial charge in [-0.2, -0.15) is 0 Å². The number of para-hydroxylation sites is 2. The molecule has 1 aliphatic rings. The van der Waals surface area contributed by atoms with Crippen molar-refractivity contribution >= 4 is 46.4 Å². The minimum atomic E-state index is -0.116. The predicted octanol–water partition coefficient (Wildman–Crippen LogP) is 5.12. The van der Waals surface area contributed by atoms with E-state index in [-0.39, 0.29) is 11.9 Å². The molecule has 1 aliphatic heterocycles. The summed E-state index contributed by atoms with van der Waals surface area (Å²) in [6.07, 6.45) is 3.86. The first-order valence-electron chi connectivity index (χ1n) is 8.49. The summed E-state index contributed by atoms with van der Waals surface area (Å²) in [5.41, 5.74) is 3.07. The highest BCUT2D eigenvalue weighted by Gasteiger charge is 2.31. The third-order valence-electron chi connectivity index (χ3n) is 4.52. The van der Waals surface area contributed by atoms with Crippen LogP contribution in [-0.2, 0) is 6.42 Å². The highest BCUT2D eigenvalue weighted by molar-refractivity contribution is 6.39. The van der Waals surface area contributed by atoms with E-state index in [1.807, 2.05) is 25.1 Å². The summed E-state index contributed by atoms with van der Waals surface area (Å²) in [6, 6.07) is 13.2. The molecular weight excluding hydrogens is 383 g/mol. The van der Waals surface area contributed by atoms with Crippen LogP contribution in [0.5, 0.6) is 0 Å². The predicted molar refractivity (Wildman–Crippen MR) is 108 cm³/mol. The summed E-state index contributed by atoms with van der Waals surface area (Å²) in [7, 11) is 0. The molecule has 0 fully saturated rings. The molecule has 0 spiro atoms. The van der Waals surface area contributed by atoms with Gasteiger partial charge in [0.15, 0.2) is 0 Å². The van der Waals surface area contributed by atoms with Crippen LogP contribution < -0.4 is 10.2 Å². The van der Waals surface area contributed by atoms with E-state index >= 15 is 0 Å². The Morgan fingerprint density at radius 3 is 2.44 bits per heavy atom. The molecule has 1 aromatic heterocycles. The minimum absolute atomic E-state index is 0.0923. The van der Waals surface area contributed by atoms with Gasteiger partial charge in [0.25, 0.3) is 5.91 Å². The molecule has 0 aliphatic carbocycles. The standard InChI is InChI=1S/C20H16Cl2N4O/c1-12-9-13-5-2-3-8-17(13)26(12)19(27)14-10-23-20(24-11-14)25-18-15(21)6-4-7-16(18)22/h2-8,10-12H,9H2,1H3,(H,23,24,25). The zero-order chi connectivity index (χ0) is 19.0. The fourth-order valence-electron chi connectivity index (χ4n) is 3.25. The van der Waals surface area contributed by atoms with Crippen LogP contribution in [0.1, 0.15) is 22.8 Å². The molecule has 1 unspecified atom stereocenters. The van der Waals surface area contributed by atoms with Crippen LogP contribution in [0.4, 0.5) is 17.3 Å². The van der Waals surface area contributed by atoms with Crippen molar-refractivity contribution in [3.63, 3.8) is 0 Å². The molecule has 5 nitrogen and oxygen atoms in total. The number of anilines is 3. The third kappa shape index (κ3) is 3.36. The molecule has 0 bridgehead atoms.